The normalized spacial score (nSPS) is 21.0. The van der Waals surface area contributed by atoms with Crippen LogP contribution in [0.15, 0.2) is 48.7 Å². The molecule has 0 spiro atoms. The number of halogens is 6. The Kier molecular flexibility index (Phi) is 9.35. The van der Waals surface area contributed by atoms with Gasteiger partial charge in [0.15, 0.2) is 0 Å². The average Bonchev–Trinajstić information content (AvgIpc) is 3.38. The fraction of sp³-hybridized carbons (Fsp3) is 0.500. The Labute approximate surface area is 245 Å². The van der Waals surface area contributed by atoms with E-state index in [1.54, 1.807) is 7.11 Å². The van der Waals surface area contributed by atoms with Gasteiger partial charge in [0.2, 0.25) is 0 Å². The molecule has 2 atom stereocenters. The lowest BCUT2D eigenvalue weighted by Crippen LogP contribution is -2.58. The van der Waals surface area contributed by atoms with Gasteiger partial charge in [-0.3, -0.25) is 14.6 Å². The number of carbonyl (C=O) groups excluding carboxylic acids is 1. The van der Waals surface area contributed by atoms with Crippen LogP contribution in [-0.2, 0) is 28.2 Å². The monoisotopic (exact) mass is 612 g/mol. The fourth-order valence-electron chi connectivity index (χ4n) is 5.96. The Morgan fingerprint density at radius 2 is 1.70 bits per heavy atom. The lowest BCUT2D eigenvalue weighted by atomic mass is 9.98. The molecule has 0 aliphatic carbocycles. The predicted molar refractivity (Wildman–Crippen MR) is 148 cm³/mol. The fourth-order valence-corrected chi connectivity index (χ4v) is 5.96. The maximum atomic E-state index is 13.7. The zero-order valence-electron chi connectivity index (χ0n) is 23.7. The molecule has 43 heavy (non-hydrogen) atoms. The number of morpholine rings is 1. The third kappa shape index (κ3) is 7.34. The number of methoxy groups -OCH3 is 1. The van der Waals surface area contributed by atoms with Crippen LogP contribution in [0.5, 0.6) is 0 Å². The maximum absolute atomic E-state index is 13.7. The van der Waals surface area contributed by atoms with E-state index in [0.717, 1.165) is 29.6 Å². The largest absolute Gasteiger partial charge is 0.416 e. The predicted octanol–water partition coefficient (Wildman–Crippen LogP) is 4.92. The first-order chi connectivity index (χ1) is 20.4. The molecule has 0 unspecified atom stereocenters. The minimum absolute atomic E-state index is 0.0423. The highest BCUT2D eigenvalue weighted by atomic mass is 19.4. The van der Waals surface area contributed by atoms with Crippen molar-refractivity contribution in [3.8, 4) is 0 Å². The molecule has 2 aliphatic heterocycles. The molecule has 13 heteroatoms. The van der Waals surface area contributed by atoms with E-state index in [-0.39, 0.29) is 18.7 Å². The summed E-state index contributed by atoms with van der Waals surface area (Å²) in [6, 6.07) is 8.32. The van der Waals surface area contributed by atoms with Crippen molar-refractivity contribution in [3.05, 3.63) is 70.9 Å². The van der Waals surface area contributed by atoms with Gasteiger partial charge in [-0.1, -0.05) is 18.2 Å². The van der Waals surface area contributed by atoms with Gasteiger partial charge in [0.05, 0.1) is 37.0 Å². The van der Waals surface area contributed by atoms with Gasteiger partial charge in [-0.2, -0.15) is 26.3 Å². The molecule has 2 saturated heterocycles. The lowest BCUT2D eigenvalue weighted by Gasteiger charge is -2.43. The van der Waals surface area contributed by atoms with Crippen molar-refractivity contribution in [1.82, 2.24) is 19.7 Å². The van der Waals surface area contributed by atoms with E-state index < -0.39 is 41.0 Å². The molecular weight excluding hydrogens is 578 g/mol. The maximum Gasteiger partial charge on any atom is 0.416 e. The summed E-state index contributed by atoms with van der Waals surface area (Å²) in [5.74, 6) is -0.852. The summed E-state index contributed by atoms with van der Waals surface area (Å²) in [5, 5.41) is 0.946. The van der Waals surface area contributed by atoms with Crippen LogP contribution in [0.4, 0.5) is 26.3 Å². The van der Waals surface area contributed by atoms with Crippen molar-refractivity contribution in [1.29, 1.82) is 0 Å². The van der Waals surface area contributed by atoms with Crippen LogP contribution in [0.25, 0.3) is 10.9 Å². The number of hydrogen-bond acceptors (Lipinski definition) is 5. The number of nitrogens with one attached hydrogen (secondary N) is 1. The first kappa shape index (κ1) is 31.3. The molecule has 0 bridgehead atoms. The quantitative estimate of drug-likeness (QED) is 0.366. The number of carbonyl (C=O) groups is 1. The minimum atomic E-state index is -5.04. The van der Waals surface area contributed by atoms with E-state index in [1.165, 1.54) is 4.90 Å². The van der Waals surface area contributed by atoms with Gasteiger partial charge in [0.25, 0.3) is 5.91 Å². The number of benzene rings is 2. The van der Waals surface area contributed by atoms with Gasteiger partial charge < -0.3 is 19.4 Å². The van der Waals surface area contributed by atoms with E-state index >= 15 is 0 Å². The average molecular weight is 613 g/mol. The summed E-state index contributed by atoms with van der Waals surface area (Å²) in [4.78, 5) is 22.8. The van der Waals surface area contributed by atoms with Crippen molar-refractivity contribution < 1.29 is 40.6 Å². The van der Waals surface area contributed by atoms with Crippen molar-refractivity contribution in [2.75, 3.05) is 66.2 Å². The van der Waals surface area contributed by atoms with Crippen molar-refractivity contribution >= 4 is 16.8 Å². The molecule has 5 rings (SSSR count). The number of rotatable bonds is 8. The van der Waals surface area contributed by atoms with E-state index in [1.807, 2.05) is 30.5 Å². The van der Waals surface area contributed by atoms with E-state index in [0.29, 0.717) is 58.0 Å². The van der Waals surface area contributed by atoms with Crippen molar-refractivity contribution in [3.63, 3.8) is 0 Å². The summed E-state index contributed by atoms with van der Waals surface area (Å²) < 4.78 is 92.3. The molecule has 0 radical (unpaired) electrons. The first-order valence-corrected chi connectivity index (χ1v) is 14.1. The molecule has 234 valence electrons. The number of nitrogens with zero attached hydrogens (tertiary/aromatic N) is 3. The molecule has 1 aromatic heterocycles. The second-order valence-corrected chi connectivity index (χ2v) is 11.0. The minimum Gasteiger partial charge on any atom is -0.383 e. The van der Waals surface area contributed by atoms with Gasteiger partial charge in [0.1, 0.15) is 0 Å². The SMILES string of the molecule is COC[C@H]1COCCN1CCN1CCN(C(=O)c2cc(C(F)(F)F)cc(C(F)(F)F)c2)[C@H](Cc2c[nH]c3ccccc23)C1. The summed E-state index contributed by atoms with van der Waals surface area (Å²) in [6.07, 6.45) is -7.88. The second kappa shape index (κ2) is 12.8. The highest BCUT2D eigenvalue weighted by Crippen LogP contribution is 2.37. The molecule has 3 aromatic rings. The van der Waals surface area contributed by atoms with Gasteiger partial charge in [0, 0.05) is 75.1 Å². The molecule has 0 saturated carbocycles. The van der Waals surface area contributed by atoms with Crippen LogP contribution in [-0.4, -0.2) is 104 Å². The van der Waals surface area contributed by atoms with Crippen molar-refractivity contribution in [2.45, 2.75) is 30.9 Å². The number of piperazine rings is 1. The van der Waals surface area contributed by atoms with Crippen molar-refractivity contribution in [2.24, 2.45) is 0 Å². The Morgan fingerprint density at radius 3 is 2.40 bits per heavy atom. The summed E-state index contributed by atoms with van der Waals surface area (Å²) in [5.41, 5.74) is -1.83. The molecule has 2 aliphatic rings. The number of amides is 1. The Balaban J connectivity index is 1.40. The Hall–Kier alpha value is -3.13. The zero-order chi connectivity index (χ0) is 30.8. The molecule has 2 aromatic carbocycles. The van der Waals surface area contributed by atoms with E-state index in [9.17, 15) is 31.1 Å². The highest BCUT2D eigenvalue weighted by Gasteiger charge is 2.39. The molecule has 2 fully saturated rings. The van der Waals surface area contributed by atoms with Gasteiger partial charge in [-0.15, -0.1) is 0 Å². The molecule has 1 N–H and O–H groups in total. The van der Waals surface area contributed by atoms with Crippen LogP contribution in [0.3, 0.4) is 0 Å². The van der Waals surface area contributed by atoms with Crippen LogP contribution in [0.2, 0.25) is 0 Å². The third-order valence-corrected chi connectivity index (χ3v) is 8.20. The molecule has 3 heterocycles. The first-order valence-electron chi connectivity index (χ1n) is 14.1. The van der Waals surface area contributed by atoms with Crippen LogP contribution in [0.1, 0.15) is 27.0 Å². The molecule has 1 amide bonds. The Bertz CT molecular complexity index is 1370. The summed E-state index contributed by atoms with van der Waals surface area (Å²) in [6.45, 7) is 4.87. The zero-order valence-corrected chi connectivity index (χ0v) is 23.7. The highest BCUT2D eigenvalue weighted by molar-refractivity contribution is 5.95. The Morgan fingerprint density at radius 1 is 0.977 bits per heavy atom. The number of H-pyrrole nitrogens is 1. The third-order valence-electron chi connectivity index (χ3n) is 8.20. The number of ether oxygens (including phenoxy) is 2. The van der Waals surface area contributed by atoms with Crippen LogP contribution >= 0.6 is 0 Å². The second-order valence-electron chi connectivity index (χ2n) is 11.0. The standard InChI is InChI=1S/C30H34F6N4O3/c1-42-18-25-19-43-11-10-39(25)8-6-38-7-9-40(24(17-38)14-21-16-37-27-5-3-2-4-26(21)27)28(41)20-12-22(29(31,32)33)15-23(13-20)30(34,35)36/h2-5,12-13,15-16,24-25,37H,6-11,14,17-19H2,1H3/t24-,25+/m1/s1. The van der Waals surface area contributed by atoms with Gasteiger partial charge in [-0.05, 0) is 36.2 Å². The lowest BCUT2D eigenvalue weighted by molar-refractivity contribution is -0.143. The van der Waals surface area contributed by atoms with Crippen LogP contribution < -0.4 is 0 Å². The summed E-state index contributed by atoms with van der Waals surface area (Å²) >= 11 is 0. The van der Waals surface area contributed by atoms with Gasteiger partial charge in [-0.25, -0.2) is 0 Å². The number of fused-ring (bicyclic) bond motifs is 1. The number of para-hydroxylation sites is 1. The molecule has 7 nitrogen and oxygen atoms in total. The number of hydrogen-bond donors (Lipinski definition) is 1. The smallest absolute Gasteiger partial charge is 0.383 e. The van der Waals surface area contributed by atoms with E-state index in [2.05, 4.69) is 14.8 Å². The number of aromatic amines is 1. The number of aromatic nitrogens is 1. The number of alkyl halides is 6. The van der Waals surface area contributed by atoms with E-state index in [4.69, 9.17) is 9.47 Å². The molecular formula is C30H34F6N4O3. The summed E-state index contributed by atoms with van der Waals surface area (Å²) in [7, 11) is 1.64. The van der Waals surface area contributed by atoms with Crippen LogP contribution in [0, 0.1) is 0 Å². The topological polar surface area (TPSA) is 61.0 Å². The van der Waals surface area contributed by atoms with Gasteiger partial charge >= 0.3 is 12.4 Å².